The molecule has 0 bridgehead atoms. The fraction of sp³-hybridized carbons (Fsp3) is 0.333. The summed E-state index contributed by atoms with van der Waals surface area (Å²) in [6, 6.07) is 41.8. The minimum Gasteiger partial charge on any atom is -0.355 e. The van der Waals surface area contributed by atoms with Crippen LogP contribution in [0.2, 0.25) is 0 Å². The molecule has 1 heterocycles. The van der Waals surface area contributed by atoms with Gasteiger partial charge in [-0.1, -0.05) is 121 Å². The van der Waals surface area contributed by atoms with E-state index in [9.17, 15) is 9.59 Å². The van der Waals surface area contributed by atoms with Gasteiger partial charge in [0.25, 0.3) is 0 Å². The maximum Gasteiger partial charge on any atom is 0.224 e. The average Bonchev–Trinajstić information content (AvgIpc) is 3.08. The van der Waals surface area contributed by atoms with Crippen LogP contribution < -0.4 is 10.6 Å². The molecule has 2 N–H and O–H groups in total. The number of nitrogens with zero attached hydrogens (tertiary/aromatic N) is 1. The molecule has 4 aromatic carbocycles. The molecule has 0 radical (unpaired) electrons. The highest BCUT2D eigenvalue weighted by atomic mass is 16.2. The topological polar surface area (TPSA) is 61.4 Å². The standard InChI is InChI=1S/C39H45N3O2/c43-37(22-26-40-38(44)30-32-14-5-1-6-15-32)41-31-39(35-18-9-3-10-19-35,36-20-11-4-12-21-36)25-13-27-42-28-23-34(24-29-42)33-16-7-2-8-17-33/h1-12,14-21,34H,13,22-31H2,(H,40,44)(H,41,43). The first-order valence-corrected chi connectivity index (χ1v) is 16.1. The molecule has 0 aliphatic carbocycles. The lowest BCUT2D eigenvalue weighted by molar-refractivity contribution is -0.122. The Balaban J connectivity index is 1.20. The molecular formula is C39H45N3O2. The number of carbonyl (C=O) groups is 2. The second-order valence-corrected chi connectivity index (χ2v) is 12.0. The van der Waals surface area contributed by atoms with E-state index in [-0.39, 0.29) is 23.7 Å². The van der Waals surface area contributed by atoms with Gasteiger partial charge in [0.1, 0.15) is 0 Å². The number of hydrogen-bond acceptors (Lipinski definition) is 3. The molecule has 1 fully saturated rings. The van der Waals surface area contributed by atoms with Crippen LogP contribution in [0.25, 0.3) is 0 Å². The van der Waals surface area contributed by atoms with Gasteiger partial charge in [-0.25, -0.2) is 0 Å². The smallest absolute Gasteiger partial charge is 0.224 e. The number of carbonyl (C=O) groups excluding carboxylic acids is 2. The Morgan fingerprint density at radius 3 is 1.82 bits per heavy atom. The van der Waals surface area contributed by atoms with E-state index in [1.54, 1.807) is 0 Å². The molecule has 5 nitrogen and oxygen atoms in total. The lowest BCUT2D eigenvalue weighted by Crippen LogP contribution is -2.43. The number of amides is 2. The van der Waals surface area contributed by atoms with Gasteiger partial charge in [-0.15, -0.1) is 0 Å². The Morgan fingerprint density at radius 2 is 1.23 bits per heavy atom. The average molecular weight is 588 g/mol. The molecule has 0 saturated carbocycles. The van der Waals surface area contributed by atoms with Crippen LogP contribution in [0.5, 0.6) is 0 Å². The molecule has 5 heteroatoms. The number of piperidine rings is 1. The van der Waals surface area contributed by atoms with Crippen molar-refractivity contribution in [1.29, 1.82) is 0 Å². The molecule has 5 rings (SSSR count). The van der Waals surface area contributed by atoms with Crippen molar-refractivity contribution >= 4 is 11.8 Å². The van der Waals surface area contributed by atoms with E-state index in [2.05, 4.69) is 94.4 Å². The van der Waals surface area contributed by atoms with Gasteiger partial charge in [0.15, 0.2) is 0 Å². The van der Waals surface area contributed by atoms with E-state index in [4.69, 9.17) is 0 Å². The lowest BCUT2D eigenvalue weighted by Gasteiger charge is -2.37. The van der Waals surface area contributed by atoms with Crippen LogP contribution in [-0.4, -0.2) is 49.4 Å². The van der Waals surface area contributed by atoms with Crippen LogP contribution in [0.1, 0.15) is 60.3 Å². The Morgan fingerprint density at radius 1 is 0.682 bits per heavy atom. The first kappa shape index (κ1) is 31.2. The number of rotatable bonds is 14. The highest BCUT2D eigenvalue weighted by Gasteiger charge is 2.34. The van der Waals surface area contributed by atoms with Crippen LogP contribution >= 0.6 is 0 Å². The third-order valence-electron chi connectivity index (χ3n) is 9.06. The van der Waals surface area contributed by atoms with Crippen LogP contribution in [0.15, 0.2) is 121 Å². The third kappa shape index (κ3) is 8.67. The monoisotopic (exact) mass is 587 g/mol. The molecule has 1 aliphatic heterocycles. The summed E-state index contributed by atoms with van der Waals surface area (Å²) in [5.74, 6) is 0.530. The fourth-order valence-corrected chi connectivity index (χ4v) is 6.58. The zero-order valence-electron chi connectivity index (χ0n) is 25.7. The summed E-state index contributed by atoms with van der Waals surface area (Å²) in [6.07, 6.45) is 4.92. The predicted octanol–water partition coefficient (Wildman–Crippen LogP) is 6.50. The van der Waals surface area contributed by atoms with Gasteiger partial charge >= 0.3 is 0 Å². The summed E-state index contributed by atoms with van der Waals surface area (Å²) in [7, 11) is 0. The van der Waals surface area contributed by atoms with Gasteiger partial charge in [-0.3, -0.25) is 9.59 Å². The van der Waals surface area contributed by atoms with Gasteiger partial charge in [0.2, 0.25) is 11.8 Å². The summed E-state index contributed by atoms with van der Waals surface area (Å²) in [5, 5.41) is 6.15. The molecule has 4 aromatic rings. The van der Waals surface area contributed by atoms with Crippen molar-refractivity contribution in [2.45, 2.75) is 49.9 Å². The van der Waals surface area contributed by atoms with Crippen molar-refractivity contribution in [3.05, 3.63) is 144 Å². The summed E-state index contributed by atoms with van der Waals surface area (Å²) in [5.41, 5.74) is 4.50. The molecule has 0 spiro atoms. The fourth-order valence-electron chi connectivity index (χ4n) is 6.58. The van der Waals surface area contributed by atoms with Crippen molar-refractivity contribution in [2.75, 3.05) is 32.7 Å². The minimum atomic E-state index is -0.350. The number of benzene rings is 4. The molecule has 44 heavy (non-hydrogen) atoms. The van der Waals surface area contributed by atoms with E-state index >= 15 is 0 Å². The van der Waals surface area contributed by atoms with Gasteiger partial charge in [-0.05, 0) is 73.5 Å². The number of nitrogens with one attached hydrogen (secondary N) is 2. The number of hydrogen-bond donors (Lipinski definition) is 2. The largest absolute Gasteiger partial charge is 0.355 e. The molecule has 1 aliphatic rings. The Bertz CT molecular complexity index is 1380. The molecule has 0 aromatic heterocycles. The van der Waals surface area contributed by atoms with Crippen molar-refractivity contribution in [2.24, 2.45) is 0 Å². The van der Waals surface area contributed by atoms with Crippen LogP contribution in [0.4, 0.5) is 0 Å². The van der Waals surface area contributed by atoms with E-state index in [0.29, 0.717) is 25.4 Å². The maximum atomic E-state index is 13.1. The first-order chi connectivity index (χ1) is 21.6. The molecule has 0 atom stereocenters. The van der Waals surface area contributed by atoms with Crippen LogP contribution in [0, 0.1) is 0 Å². The molecule has 228 valence electrons. The zero-order chi connectivity index (χ0) is 30.5. The Kier molecular flexibility index (Phi) is 11.4. The molecular weight excluding hydrogens is 542 g/mol. The van der Waals surface area contributed by atoms with E-state index in [1.807, 2.05) is 42.5 Å². The summed E-state index contributed by atoms with van der Waals surface area (Å²) in [4.78, 5) is 28.1. The first-order valence-electron chi connectivity index (χ1n) is 16.1. The van der Waals surface area contributed by atoms with Crippen molar-refractivity contribution in [3.8, 4) is 0 Å². The zero-order valence-corrected chi connectivity index (χ0v) is 25.7. The predicted molar refractivity (Wildman–Crippen MR) is 179 cm³/mol. The Labute approximate surface area is 262 Å². The van der Waals surface area contributed by atoms with Gasteiger partial charge in [0, 0.05) is 24.9 Å². The van der Waals surface area contributed by atoms with E-state index < -0.39 is 0 Å². The molecule has 1 saturated heterocycles. The van der Waals surface area contributed by atoms with Crippen molar-refractivity contribution < 1.29 is 9.59 Å². The summed E-state index contributed by atoms with van der Waals surface area (Å²) >= 11 is 0. The highest BCUT2D eigenvalue weighted by Crippen LogP contribution is 2.37. The maximum absolute atomic E-state index is 13.1. The summed E-state index contributed by atoms with van der Waals surface area (Å²) in [6.45, 7) is 4.12. The van der Waals surface area contributed by atoms with Gasteiger partial charge in [0.05, 0.1) is 6.42 Å². The second kappa shape index (κ2) is 16.0. The van der Waals surface area contributed by atoms with E-state index in [0.717, 1.165) is 38.0 Å². The lowest BCUT2D eigenvalue weighted by atomic mass is 9.71. The normalized spacial score (nSPS) is 14.2. The summed E-state index contributed by atoms with van der Waals surface area (Å²) < 4.78 is 0. The molecule has 2 amide bonds. The third-order valence-corrected chi connectivity index (χ3v) is 9.06. The number of likely N-dealkylation sites (tertiary alicyclic amines) is 1. The quantitative estimate of drug-likeness (QED) is 0.177. The van der Waals surface area contributed by atoms with Crippen molar-refractivity contribution in [3.63, 3.8) is 0 Å². The SMILES string of the molecule is O=C(CCNC(=O)Cc1ccccc1)NCC(CCCN1CCC(c2ccccc2)CC1)(c1ccccc1)c1ccccc1. The van der Waals surface area contributed by atoms with Crippen molar-refractivity contribution in [1.82, 2.24) is 15.5 Å². The van der Waals surface area contributed by atoms with Crippen LogP contribution in [-0.2, 0) is 21.4 Å². The molecule has 0 unspecified atom stereocenters. The Hall–Kier alpha value is -4.22. The van der Waals surface area contributed by atoms with Crippen LogP contribution in [0.3, 0.4) is 0 Å². The van der Waals surface area contributed by atoms with Gasteiger partial charge in [-0.2, -0.15) is 0 Å². The highest BCUT2D eigenvalue weighted by molar-refractivity contribution is 5.80. The second-order valence-electron chi connectivity index (χ2n) is 12.0. The minimum absolute atomic E-state index is 0.0516. The van der Waals surface area contributed by atoms with Gasteiger partial charge < -0.3 is 15.5 Å². The van der Waals surface area contributed by atoms with E-state index in [1.165, 1.54) is 29.5 Å².